The van der Waals surface area contributed by atoms with E-state index in [2.05, 4.69) is 47.8 Å². The molecule has 0 fully saturated rings. The summed E-state index contributed by atoms with van der Waals surface area (Å²) in [6.45, 7) is 2.08. The van der Waals surface area contributed by atoms with Gasteiger partial charge in [0.25, 0.3) is 0 Å². The standard InChI is InChI=1S/C23H21NO3/c25-17-7-8-18-22(13-17)27-14-19(15-4-2-1-3-5-15)23(18)16-6-9-21-20(12-16)24-10-11-26-21/h1-9,12-13,19,23-25H,10-11,14H2. The Morgan fingerprint density at radius 3 is 2.63 bits per heavy atom. The minimum Gasteiger partial charge on any atom is -0.508 e. The van der Waals surface area contributed by atoms with Gasteiger partial charge in [-0.05, 0) is 29.3 Å². The summed E-state index contributed by atoms with van der Waals surface area (Å²) in [6, 6.07) is 22.3. The number of nitrogens with one attached hydrogen (secondary N) is 1. The molecule has 2 heterocycles. The lowest BCUT2D eigenvalue weighted by molar-refractivity contribution is 0.247. The maximum Gasteiger partial charge on any atom is 0.142 e. The van der Waals surface area contributed by atoms with Gasteiger partial charge in [-0.25, -0.2) is 0 Å². The minimum absolute atomic E-state index is 0.144. The molecule has 0 aliphatic carbocycles. The van der Waals surface area contributed by atoms with Crippen LogP contribution in [0, 0.1) is 0 Å². The van der Waals surface area contributed by atoms with E-state index >= 15 is 0 Å². The van der Waals surface area contributed by atoms with Crippen LogP contribution in [0.25, 0.3) is 0 Å². The Labute approximate surface area is 158 Å². The number of rotatable bonds is 2. The van der Waals surface area contributed by atoms with Crippen LogP contribution in [0.5, 0.6) is 17.2 Å². The van der Waals surface area contributed by atoms with E-state index in [0.29, 0.717) is 13.2 Å². The van der Waals surface area contributed by atoms with E-state index in [9.17, 15) is 5.11 Å². The summed E-state index contributed by atoms with van der Waals surface area (Å²) in [4.78, 5) is 0. The Balaban J connectivity index is 1.65. The second-order valence-electron chi connectivity index (χ2n) is 7.06. The number of benzene rings is 3. The molecule has 136 valence electrons. The lowest BCUT2D eigenvalue weighted by Gasteiger charge is -2.35. The topological polar surface area (TPSA) is 50.7 Å². The molecule has 0 amide bonds. The molecule has 2 aliphatic heterocycles. The quantitative estimate of drug-likeness (QED) is 0.707. The number of anilines is 1. The normalized spacial score (nSPS) is 20.4. The lowest BCUT2D eigenvalue weighted by atomic mass is 9.75. The largest absolute Gasteiger partial charge is 0.508 e. The van der Waals surface area contributed by atoms with Crippen LogP contribution in [0.3, 0.4) is 0 Å². The molecule has 0 radical (unpaired) electrons. The average Bonchev–Trinajstić information content (AvgIpc) is 2.73. The minimum atomic E-state index is 0.144. The van der Waals surface area contributed by atoms with Crippen molar-refractivity contribution in [3.63, 3.8) is 0 Å². The van der Waals surface area contributed by atoms with E-state index in [4.69, 9.17) is 9.47 Å². The van der Waals surface area contributed by atoms with E-state index < -0.39 is 0 Å². The van der Waals surface area contributed by atoms with Gasteiger partial charge in [0.1, 0.15) is 23.9 Å². The zero-order valence-electron chi connectivity index (χ0n) is 14.9. The summed E-state index contributed by atoms with van der Waals surface area (Å²) in [7, 11) is 0. The maximum atomic E-state index is 9.88. The molecule has 5 rings (SSSR count). The van der Waals surface area contributed by atoms with Gasteiger partial charge in [-0.1, -0.05) is 42.5 Å². The number of ether oxygens (including phenoxy) is 2. The van der Waals surface area contributed by atoms with Gasteiger partial charge in [-0.3, -0.25) is 0 Å². The highest BCUT2D eigenvalue weighted by atomic mass is 16.5. The average molecular weight is 359 g/mol. The second kappa shape index (κ2) is 6.54. The lowest BCUT2D eigenvalue weighted by Crippen LogP contribution is -2.25. The fourth-order valence-corrected chi connectivity index (χ4v) is 4.15. The highest BCUT2D eigenvalue weighted by molar-refractivity contribution is 5.62. The molecule has 2 unspecified atom stereocenters. The van der Waals surface area contributed by atoms with Crippen molar-refractivity contribution in [2.24, 2.45) is 0 Å². The van der Waals surface area contributed by atoms with Crippen molar-refractivity contribution in [1.82, 2.24) is 0 Å². The fraction of sp³-hybridized carbons (Fsp3) is 0.217. The zero-order chi connectivity index (χ0) is 18.2. The number of phenolic OH excluding ortho intramolecular Hbond substituents is 1. The summed E-state index contributed by atoms with van der Waals surface area (Å²) in [6.07, 6.45) is 0. The van der Waals surface area contributed by atoms with E-state index in [1.54, 1.807) is 12.1 Å². The molecule has 2 N–H and O–H groups in total. The summed E-state index contributed by atoms with van der Waals surface area (Å²) in [5.41, 5.74) is 4.61. The predicted octanol–water partition coefficient (Wildman–Crippen LogP) is 4.50. The maximum absolute atomic E-state index is 9.88. The molecule has 0 spiro atoms. The predicted molar refractivity (Wildman–Crippen MR) is 105 cm³/mol. The van der Waals surface area contributed by atoms with E-state index in [1.165, 1.54) is 11.1 Å². The number of fused-ring (bicyclic) bond motifs is 2. The van der Waals surface area contributed by atoms with Gasteiger partial charge < -0.3 is 19.9 Å². The van der Waals surface area contributed by atoms with Crippen molar-refractivity contribution in [3.8, 4) is 17.2 Å². The van der Waals surface area contributed by atoms with Gasteiger partial charge in [0.05, 0.1) is 12.3 Å². The summed E-state index contributed by atoms with van der Waals surface area (Å²) >= 11 is 0. The molecule has 0 bridgehead atoms. The van der Waals surface area contributed by atoms with Crippen molar-refractivity contribution < 1.29 is 14.6 Å². The second-order valence-corrected chi connectivity index (χ2v) is 7.06. The first-order valence-electron chi connectivity index (χ1n) is 9.31. The van der Waals surface area contributed by atoms with Crippen LogP contribution in [0.2, 0.25) is 0 Å². The molecular formula is C23H21NO3. The molecular weight excluding hydrogens is 338 g/mol. The number of aromatic hydroxyl groups is 1. The molecule has 0 saturated carbocycles. The van der Waals surface area contributed by atoms with Crippen molar-refractivity contribution >= 4 is 5.69 Å². The smallest absolute Gasteiger partial charge is 0.142 e. The number of phenols is 1. The molecule has 3 aromatic rings. The van der Waals surface area contributed by atoms with E-state index in [0.717, 1.165) is 29.3 Å². The van der Waals surface area contributed by atoms with Crippen molar-refractivity contribution in [3.05, 3.63) is 83.4 Å². The van der Waals surface area contributed by atoms with Gasteiger partial charge in [0.15, 0.2) is 0 Å². The van der Waals surface area contributed by atoms with Crippen LogP contribution < -0.4 is 14.8 Å². The van der Waals surface area contributed by atoms with Crippen molar-refractivity contribution in [2.75, 3.05) is 25.1 Å². The number of hydrogen-bond acceptors (Lipinski definition) is 4. The summed E-state index contributed by atoms with van der Waals surface area (Å²) in [5, 5.41) is 13.3. The summed E-state index contributed by atoms with van der Waals surface area (Å²) in [5.74, 6) is 2.23. The first-order valence-corrected chi connectivity index (χ1v) is 9.31. The van der Waals surface area contributed by atoms with Gasteiger partial charge in [0.2, 0.25) is 0 Å². The highest BCUT2D eigenvalue weighted by Crippen LogP contribution is 2.48. The zero-order valence-corrected chi connectivity index (χ0v) is 14.9. The SMILES string of the molecule is Oc1ccc2c(c1)OCC(c1ccccc1)C2c1ccc2c(c1)NCCO2. The van der Waals surface area contributed by atoms with Crippen LogP contribution in [0.15, 0.2) is 66.7 Å². The highest BCUT2D eigenvalue weighted by Gasteiger charge is 2.34. The van der Waals surface area contributed by atoms with Gasteiger partial charge >= 0.3 is 0 Å². The molecule has 0 aromatic heterocycles. The third-order valence-electron chi connectivity index (χ3n) is 5.42. The van der Waals surface area contributed by atoms with Gasteiger partial charge in [-0.2, -0.15) is 0 Å². The van der Waals surface area contributed by atoms with Crippen LogP contribution in [0.4, 0.5) is 5.69 Å². The third-order valence-corrected chi connectivity index (χ3v) is 5.42. The summed E-state index contributed by atoms with van der Waals surface area (Å²) < 4.78 is 11.8. The molecule has 2 atom stereocenters. The molecule has 2 aliphatic rings. The Hall–Kier alpha value is -3.14. The van der Waals surface area contributed by atoms with Crippen LogP contribution in [-0.4, -0.2) is 24.9 Å². The first kappa shape index (κ1) is 16.1. The van der Waals surface area contributed by atoms with Crippen LogP contribution in [-0.2, 0) is 0 Å². The third kappa shape index (κ3) is 2.87. The Morgan fingerprint density at radius 2 is 1.74 bits per heavy atom. The Bertz CT molecular complexity index is 971. The van der Waals surface area contributed by atoms with Gasteiger partial charge in [0, 0.05) is 30.0 Å². The fourth-order valence-electron chi connectivity index (χ4n) is 4.15. The molecule has 4 heteroatoms. The molecule has 0 saturated heterocycles. The van der Waals surface area contributed by atoms with Crippen LogP contribution in [0.1, 0.15) is 28.5 Å². The molecule has 4 nitrogen and oxygen atoms in total. The monoisotopic (exact) mass is 359 g/mol. The van der Waals surface area contributed by atoms with Gasteiger partial charge in [-0.15, -0.1) is 0 Å². The van der Waals surface area contributed by atoms with E-state index in [-0.39, 0.29) is 17.6 Å². The van der Waals surface area contributed by atoms with Crippen molar-refractivity contribution in [2.45, 2.75) is 11.8 Å². The Kier molecular flexibility index (Phi) is 3.89. The first-order chi connectivity index (χ1) is 13.3. The van der Waals surface area contributed by atoms with E-state index in [1.807, 2.05) is 12.1 Å². The molecule has 27 heavy (non-hydrogen) atoms. The van der Waals surface area contributed by atoms with Crippen molar-refractivity contribution in [1.29, 1.82) is 0 Å². The Morgan fingerprint density at radius 1 is 0.852 bits per heavy atom. The molecule has 3 aromatic carbocycles. The van der Waals surface area contributed by atoms with Crippen LogP contribution >= 0.6 is 0 Å². The number of hydrogen-bond donors (Lipinski definition) is 2.